The van der Waals surface area contributed by atoms with Gasteiger partial charge in [0.05, 0.1) is 12.1 Å². The molecule has 0 saturated carbocycles. The first-order valence-electron chi connectivity index (χ1n) is 7.28. The summed E-state index contributed by atoms with van der Waals surface area (Å²) in [5.74, 6) is -0.446. The maximum atomic E-state index is 13.3. The average Bonchev–Trinajstić information content (AvgIpc) is 3.09. The van der Waals surface area contributed by atoms with Gasteiger partial charge in [-0.25, -0.2) is 4.39 Å². The van der Waals surface area contributed by atoms with Gasteiger partial charge in [0, 0.05) is 30.6 Å². The minimum Gasteiger partial charge on any atom is -0.338 e. The van der Waals surface area contributed by atoms with Gasteiger partial charge in [-0.15, -0.1) is 0 Å². The fourth-order valence-electron chi connectivity index (χ4n) is 2.96. The number of rotatable bonds is 2. The van der Waals surface area contributed by atoms with Crippen molar-refractivity contribution in [3.8, 4) is 0 Å². The molecular formula is C16H18FN3O2. The molecule has 0 bridgehead atoms. The first kappa shape index (κ1) is 14.7. The van der Waals surface area contributed by atoms with Crippen LogP contribution in [0.3, 0.4) is 0 Å². The molecule has 0 radical (unpaired) electrons. The Morgan fingerprint density at radius 3 is 2.73 bits per heavy atom. The maximum absolute atomic E-state index is 13.3. The van der Waals surface area contributed by atoms with Crippen molar-refractivity contribution < 1.29 is 14.0 Å². The van der Waals surface area contributed by atoms with Crippen molar-refractivity contribution in [3.63, 3.8) is 0 Å². The van der Waals surface area contributed by atoms with Crippen LogP contribution in [0.2, 0.25) is 0 Å². The molecule has 22 heavy (non-hydrogen) atoms. The summed E-state index contributed by atoms with van der Waals surface area (Å²) in [5.41, 5.74) is 7.42. The summed E-state index contributed by atoms with van der Waals surface area (Å²) >= 11 is 0. The molecule has 1 amide bonds. The highest BCUT2D eigenvalue weighted by Gasteiger charge is 2.31. The summed E-state index contributed by atoms with van der Waals surface area (Å²) in [7, 11) is 0. The van der Waals surface area contributed by atoms with Gasteiger partial charge in [0.1, 0.15) is 12.2 Å². The lowest BCUT2D eigenvalue weighted by Crippen LogP contribution is -2.37. The third kappa shape index (κ3) is 2.39. The second-order valence-corrected chi connectivity index (χ2v) is 5.64. The van der Waals surface area contributed by atoms with Crippen molar-refractivity contribution in [3.05, 3.63) is 36.0 Å². The van der Waals surface area contributed by atoms with E-state index in [-0.39, 0.29) is 18.4 Å². The minimum absolute atomic E-state index is 0.0951. The van der Waals surface area contributed by atoms with Crippen molar-refractivity contribution in [1.29, 1.82) is 0 Å². The number of amides is 1. The fraction of sp³-hybridized carbons (Fsp3) is 0.375. The summed E-state index contributed by atoms with van der Waals surface area (Å²) in [6, 6.07) is 6.41. The van der Waals surface area contributed by atoms with E-state index in [2.05, 4.69) is 0 Å². The quantitative estimate of drug-likeness (QED) is 0.921. The molecule has 0 unspecified atom stereocenters. The summed E-state index contributed by atoms with van der Waals surface area (Å²) in [4.78, 5) is 25.6. The van der Waals surface area contributed by atoms with Crippen molar-refractivity contribution in [2.45, 2.75) is 25.6 Å². The van der Waals surface area contributed by atoms with Gasteiger partial charge in [-0.05, 0) is 12.5 Å². The van der Waals surface area contributed by atoms with Crippen molar-refractivity contribution in [1.82, 2.24) is 9.47 Å². The van der Waals surface area contributed by atoms with Crippen molar-refractivity contribution in [2.75, 3.05) is 13.1 Å². The van der Waals surface area contributed by atoms with E-state index in [1.165, 1.54) is 16.4 Å². The zero-order valence-corrected chi connectivity index (χ0v) is 12.3. The van der Waals surface area contributed by atoms with E-state index in [4.69, 9.17) is 5.73 Å². The Hall–Kier alpha value is -2.21. The molecule has 1 aliphatic rings. The summed E-state index contributed by atoms with van der Waals surface area (Å²) in [6.45, 7) is 1.94. The number of alkyl halides is 1. The third-order valence-electron chi connectivity index (χ3n) is 4.13. The predicted molar refractivity (Wildman–Crippen MR) is 81.3 cm³/mol. The van der Waals surface area contributed by atoms with Gasteiger partial charge in [0.15, 0.2) is 0 Å². The Bertz CT molecular complexity index is 740. The number of halogens is 1. The van der Waals surface area contributed by atoms with Crippen LogP contribution in [0, 0.1) is 0 Å². The lowest BCUT2D eigenvalue weighted by molar-refractivity contribution is -0.131. The van der Waals surface area contributed by atoms with E-state index in [9.17, 15) is 14.0 Å². The lowest BCUT2D eigenvalue weighted by atomic mass is 10.1. The Kier molecular flexibility index (Phi) is 3.70. The highest BCUT2D eigenvalue weighted by atomic mass is 19.1. The first-order valence-corrected chi connectivity index (χ1v) is 7.28. The van der Waals surface area contributed by atoms with Gasteiger partial charge >= 0.3 is 0 Å². The molecular weight excluding hydrogens is 285 g/mol. The monoisotopic (exact) mass is 303 g/mol. The molecule has 1 aromatic heterocycles. The number of fused-ring (bicyclic) bond motifs is 1. The predicted octanol–water partition coefficient (Wildman–Crippen LogP) is 1.87. The number of nitrogens with zero attached hydrogens (tertiary/aromatic N) is 2. The van der Waals surface area contributed by atoms with Gasteiger partial charge in [0.2, 0.25) is 11.8 Å². The molecule has 2 N–H and O–H groups in total. The van der Waals surface area contributed by atoms with Crippen LogP contribution >= 0.6 is 0 Å². The van der Waals surface area contributed by atoms with E-state index >= 15 is 0 Å². The number of hydrogen-bond acceptors (Lipinski definition) is 3. The lowest BCUT2D eigenvalue weighted by Gasteiger charge is -2.19. The molecule has 2 heterocycles. The molecule has 1 fully saturated rings. The van der Waals surface area contributed by atoms with Crippen LogP contribution in [-0.4, -0.2) is 40.5 Å². The maximum Gasteiger partial charge on any atom is 0.244 e. The number of carbonyl (C=O) groups is 2. The van der Waals surface area contributed by atoms with Crippen LogP contribution in [0.5, 0.6) is 0 Å². The van der Waals surface area contributed by atoms with Gasteiger partial charge in [-0.2, -0.15) is 0 Å². The van der Waals surface area contributed by atoms with Crippen molar-refractivity contribution >= 4 is 22.7 Å². The van der Waals surface area contributed by atoms with Gasteiger partial charge in [-0.1, -0.05) is 18.2 Å². The van der Waals surface area contributed by atoms with Crippen LogP contribution in [0.1, 0.15) is 29.7 Å². The Morgan fingerprint density at radius 1 is 1.36 bits per heavy atom. The largest absolute Gasteiger partial charge is 0.338 e. The number of hydrogen-bond donors (Lipinski definition) is 1. The second-order valence-electron chi connectivity index (χ2n) is 5.64. The normalized spacial score (nSPS) is 19.6. The Balaban J connectivity index is 1.99. The molecule has 6 heteroatoms. The van der Waals surface area contributed by atoms with Crippen LogP contribution in [0.25, 0.3) is 10.9 Å². The van der Waals surface area contributed by atoms with Crippen LogP contribution < -0.4 is 5.73 Å². The average molecular weight is 303 g/mol. The summed E-state index contributed by atoms with van der Waals surface area (Å²) in [5, 5.41) is 0.773. The smallest absolute Gasteiger partial charge is 0.244 e. The standard InChI is InChI=1S/C16H18FN3O2/c1-10(21)20-9-13(12-4-2-3-5-14(12)20)15(18)16(22)19-7-6-11(17)8-19/h2-5,9,11,15H,6-8,18H2,1H3/t11-,15+/m1/s1. The van der Waals surface area contributed by atoms with Crippen LogP contribution in [0.15, 0.2) is 30.5 Å². The van der Waals surface area contributed by atoms with Gasteiger partial charge in [-0.3, -0.25) is 14.2 Å². The zero-order chi connectivity index (χ0) is 15.9. The summed E-state index contributed by atoms with van der Waals surface area (Å²) < 4.78 is 14.8. The van der Waals surface area contributed by atoms with Gasteiger partial charge in [0.25, 0.3) is 0 Å². The molecule has 2 atom stereocenters. The second kappa shape index (κ2) is 5.53. The third-order valence-corrected chi connectivity index (χ3v) is 4.13. The number of nitrogens with two attached hydrogens (primary N) is 1. The topological polar surface area (TPSA) is 68.3 Å². The SMILES string of the molecule is CC(=O)n1cc([C@H](N)C(=O)N2CC[C@@H](F)C2)c2ccccc21. The zero-order valence-electron chi connectivity index (χ0n) is 12.3. The van der Waals surface area contributed by atoms with Crippen LogP contribution in [0.4, 0.5) is 4.39 Å². The first-order chi connectivity index (χ1) is 10.5. The van der Waals surface area contributed by atoms with Gasteiger partial charge < -0.3 is 10.6 Å². The Morgan fingerprint density at radius 2 is 2.09 bits per heavy atom. The molecule has 116 valence electrons. The highest BCUT2D eigenvalue weighted by molar-refractivity contribution is 5.97. The molecule has 5 nitrogen and oxygen atoms in total. The van der Waals surface area contributed by atoms with E-state index in [1.807, 2.05) is 24.3 Å². The molecule has 0 aliphatic carbocycles. The summed E-state index contributed by atoms with van der Waals surface area (Å²) in [6.07, 6.45) is 0.987. The molecule has 1 aromatic carbocycles. The minimum atomic E-state index is -0.977. The number of aromatic nitrogens is 1. The van der Waals surface area contributed by atoms with Crippen LogP contribution in [-0.2, 0) is 4.79 Å². The highest BCUT2D eigenvalue weighted by Crippen LogP contribution is 2.27. The molecule has 3 rings (SSSR count). The number of likely N-dealkylation sites (tertiary alicyclic amines) is 1. The fourth-order valence-corrected chi connectivity index (χ4v) is 2.96. The number of carbonyl (C=O) groups excluding carboxylic acids is 2. The van der Waals surface area contributed by atoms with Crippen molar-refractivity contribution in [2.24, 2.45) is 5.73 Å². The molecule has 1 aliphatic heterocycles. The van der Waals surface area contributed by atoms with E-state index < -0.39 is 12.2 Å². The number of para-hydroxylation sites is 1. The van der Waals surface area contributed by atoms with E-state index in [0.29, 0.717) is 18.5 Å². The molecule has 0 spiro atoms. The molecule has 1 saturated heterocycles. The molecule has 2 aromatic rings. The van der Waals surface area contributed by atoms with E-state index in [1.54, 1.807) is 6.20 Å². The number of benzene rings is 1. The van der Waals surface area contributed by atoms with E-state index in [0.717, 1.165) is 10.9 Å². The Labute approximate surface area is 127 Å².